The van der Waals surface area contributed by atoms with Gasteiger partial charge in [0.1, 0.15) is 0 Å². The molecule has 0 aliphatic heterocycles. The van der Waals surface area contributed by atoms with Crippen LogP contribution in [-0.4, -0.2) is 11.9 Å². The van der Waals surface area contributed by atoms with Crippen LogP contribution in [0.25, 0.3) is 10.8 Å². The molecule has 19 heavy (non-hydrogen) atoms. The number of fused-ring (bicyclic) bond motifs is 1. The number of hydrogen-bond acceptors (Lipinski definition) is 2. The molecule has 0 heterocycles. The highest BCUT2D eigenvalue weighted by molar-refractivity contribution is 5.83. The summed E-state index contributed by atoms with van der Waals surface area (Å²) in [5.74, 6) is -0.163. The summed E-state index contributed by atoms with van der Waals surface area (Å²) in [5.41, 5.74) is 6.82. The van der Waals surface area contributed by atoms with Crippen LogP contribution in [-0.2, 0) is 11.3 Å². The lowest BCUT2D eigenvalue weighted by Crippen LogP contribution is -2.38. The average molecular weight is 256 g/mol. The van der Waals surface area contributed by atoms with Gasteiger partial charge in [0.15, 0.2) is 0 Å². The third kappa shape index (κ3) is 3.32. The Morgan fingerprint density at radius 1 is 1.16 bits per heavy atom. The fourth-order valence-corrected chi connectivity index (χ4v) is 1.94. The van der Waals surface area contributed by atoms with E-state index in [-0.39, 0.29) is 17.9 Å². The fourth-order valence-electron chi connectivity index (χ4n) is 1.94. The number of carbonyl (C=O) groups excluding carboxylic acids is 1. The molecule has 2 rings (SSSR count). The van der Waals surface area contributed by atoms with Crippen LogP contribution in [0.3, 0.4) is 0 Å². The Morgan fingerprint density at radius 3 is 2.53 bits per heavy atom. The summed E-state index contributed by atoms with van der Waals surface area (Å²) in [6.07, 6.45) is 0. The van der Waals surface area contributed by atoms with E-state index in [0.717, 1.165) is 5.56 Å². The molecular weight excluding hydrogens is 236 g/mol. The molecule has 0 fully saturated rings. The number of benzene rings is 2. The molecular formula is C16H20N2O. The summed E-state index contributed by atoms with van der Waals surface area (Å²) < 4.78 is 0. The van der Waals surface area contributed by atoms with Gasteiger partial charge in [-0.15, -0.1) is 0 Å². The fraction of sp³-hybridized carbons (Fsp3) is 0.312. The van der Waals surface area contributed by atoms with Gasteiger partial charge in [0.25, 0.3) is 0 Å². The van der Waals surface area contributed by atoms with Gasteiger partial charge < -0.3 is 11.1 Å². The van der Waals surface area contributed by atoms with Crippen molar-refractivity contribution in [2.45, 2.75) is 26.4 Å². The Morgan fingerprint density at radius 2 is 1.84 bits per heavy atom. The van der Waals surface area contributed by atoms with Crippen LogP contribution in [0.1, 0.15) is 19.4 Å². The predicted molar refractivity (Wildman–Crippen MR) is 78.6 cm³/mol. The molecule has 2 unspecified atom stereocenters. The molecule has 3 nitrogen and oxygen atoms in total. The maximum atomic E-state index is 11.8. The standard InChI is InChI=1S/C16H20N2O/c1-11(12(2)17)16(19)18-10-13-7-8-14-5-3-4-6-15(14)9-13/h3-9,11-12H,10,17H2,1-2H3,(H,18,19). The molecule has 1 amide bonds. The second kappa shape index (κ2) is 5.85. The van der Waals surface area contributed by atoms with Crippen molar-refractivity contribution < 1.29 is 4.79 Å². The maximum absolute atomic E-state index is 11.8. The van der Waals surface area contributed by atoms with Crippen molar-refractivity contribution in [3.8, 4) is 0 Å². The average Bonchev–Trinajstić information content (AvgIpc) is 2.43. The number of carbonyl (C=O) groups is 1. The van der Waals surface area contributed by atoms with Crippen molar-refractivity contribution >= 4 is 16.7 Å². The summed E-state index contributed by atoms with van der Waals surface area (Å²) in [7, 11) is 0. The van der Waals surface area contributed by atoms with Crippen molar-refractivity contribution in [3.05, 3.63) is 48.0 Å². The van der Waals surface area contributed by atoms with E-state index in [4.69, 9.17) is 5.73 Å². The first-order chi connectivity index (χ1) is 9.08. The van der Waals surface area contributed by atoms with E-state index in [1.165, 1.54) is 10.8 Å². The van der Waals surface area contributed by atoms with E-state index in [1.807, 2.05) is 32.0 Å². The maximum Gasteiger partial charge on any atom is 0.224 e. The summed E-state index contributed by atoms with van der Waals surface area (Å²) in [5, 5.41) is 5.32. The van der Waals surface area contributed by atoms with Gasteiger partial charge in [0.05, 0.1) is 0 Å². The van der Waals surface area contributed by atoms with Crippen molar-refractivity contribution in [1.82, 2.24) is 5.32 Å². The third-order valence-corrected chi connectivity index (χ3v) is 3.48. The van der Waals surface area contributed by atoms with E-state index >= 15 is 0 Å². The topological polar surface area (TPSA) is 55.1 Å². The highest BCUT2D eigenvalue weighted by Crippen LogP contribution is 2.15. The van der Waals surface area contributed by atoms with Crippen LogP contribution >= 0.6 is 0 Å². The highest BCUT2D eigenvalue weighted by atomic mass is 16.1. The summed E-state index contributed by atoms with van der Waals surface area (Å²) in [4.78, 5) is 11.8. The normalized spacial score (nSPS) is 14.1. The highest BCUT2D eigenvalue weighted by Gasteiger charge is 2.16. The smallest absolute Gasteiger partial charge is 0.224 e. The van der Waals surface area contributed by atoms with Gasteiger partial charge in [-0.3, -0.25) is 4.79 Å². The predicted octanol–water partition coefficient (Wildman–Crippen LogP) is 2.44. The number of amides is 1. The molecule has 2 atom stereocenters. The van der Waals surface area contributed by atoms with Gasteiger partial charge in [-0.1, -0.05) is 43.3 Å². The Balaban J connectivity index is 2.04. The molecule has 0 spiro atoms. The van der Waals surface area contributed by atoms with Gasteiger partial charge in [-0.2, -0.15) is 0 Å². The van der Waals surface area contributed by atoms with Crippen molar-refractivity contribution in [1.29, 1.82) is 0 Å². The second-order valence-corrected chi connectivity index (χ2v) is 5.05. The minimum Gasteiger partial charge on any atom is -0.352 e. The van der Waals surface area contributed by atoms with E-state index < -0.39 is 0 Å². The van der Waals surface area contributed by atoms with Crippen LogP contribution in [0.5, 0.6) is 0 Å². The van der Waals surface area contributed by atoms with Gasteiger partial charge in [-0.25, -0.2) is 0 Å². The molecule has 3 N–H and O–H groups in total. The molecule has 2 aromatic carbocycles. The van der Waals surface area contributed by atoms with Crippen molar-refractivity contribution in [2.75, 3.05) is 0 Å². The first-order valence-electron chi connectivity index (χ1n) is 6.59. The Hall–Kier alpha value is -1.87. The largest absolute Gasteiger partial charge is 0.352 e. The van der Waals surface area contributed by atoms with E-state index in [9.17, 15) is 4.79 Å². The Kier molecular flexibility index (Phi) is 4.17. The van der Waals surface area contributed by atoms with Crippen LogP contribution < -0.4 is 11.1 Å². The lowest BCUT2D eigenvalue weighted by molar-refractivity contribution is -0.125. The van der Waals surface area contributed by atoms with E-state index in [1.54, 1.807) is 0 Å². The van der Waals surface area contributed by atoms with Gasteiger partial charge >= 0.3 is 0 Å². The zero-order valence-corrected chi connectivity index (χ0v) is 11.4. The van der Waals surface area contributed by atoms with Crippen molar-refractivity contribution in [2.24, 2.45) is 11.7 Å². The number of nitrogens with two attached hydrogens (primary N) is 1. The molecule has 3 heteroatoms. The molecule has 0 aliphatic rings. The van der Waals surface area contributed by atoms with Crippen LogP contribution in [0.4, 0.5) is 0 Å². The Bertz CT molecular complexity index is 578. The molecule has 2 aromatic rings. The first kappa shape index (κ1) is 13.6. The molecule has 0 saturated carbocycles. The second-order valence-electron chi connectivity index (χ2n) is 5.05. The third-order valence-electron chi connectivity index (χ3n) is 3.48. The monoisotopic (exact) mass is 256 g/mol. The number of nitrogens with one attached hydrogen (secondary N) is 1. The van der Waals surface area contributed by atoms with Gasteiger partial charge in [0.2, 0.25) is 5.91 Å². The first-order valence-corrected chi connectivity index (χ1v) is 6.59. The minimum atomic E-state index is -0.166. The summed E-state index contributed by atoms with van der Waals surface area (Å²) in [6, 6.07) is 14.3. The molecule has 100 valence electrons. The molecule has 0 bridgehead atoms. The summed E-state index contributed by atoms with van der Waals surface area (Å²) >= 11 is 0. The molecule has 0 radical (unpaired) electrons. The van der Waals surface area contributed by atoms with E-state index in [2.05, 4.69) is 29.6 Å². The molecule has 0 saturated heterocycles. The number of hydrogen-bond donors (Lipinski definition) is 2. The Labute approximate surface area is 113 Å². The van der Waals surface area contributed by atoms with E-state index in [0.29, 0.717) is 6.54 Å². The minimum absolute atomic E-state index is 0.00292. The van der Waals surface area contributed by atoms with Crippen LogP contribution in [0, 0.1) is 5.92 Å². The van der Waals surface area contributed by atoms with Gasteiger partial charge in [0, 0.05) is 18.5 Å². The molecule has 0 aromatic heterocycles. The quantitative estimate of drug-likeness (QED) is 0.882. The lowest BCUT2D eigenvalue weighted by Gasteiger charge is -2.15. The van der Waals surface area contributed by atoms with Gasteiger partial charge in [-0.05, 0) is 29.3 Å². The summed E-state index contributed by atoms with van der Waals surface area (Å²) in [6.45, 7) is 4.24. The zero-order chi connectivity index (χ0) is 13.8. The zero-order valence-electron chi connectivity index (χ0n) is 11.4. The number of rotatable bonds is 4. The SMILES string of the molecule is CC(N)C(C)C(=O)NCc1ccc2ccccc2c1. The van der Waals surface area contributed by atoms with Crippen LogP contribution in [0.15, 0.2) is 42.5 Å². The van der Waals surface area contributed by atoms with Crippen LogP contribution in [0.2, 0.25) is 0 Å². The molecule has 0 aliphatic carbocycles. The van der Waals surface area contributed by atoms with Crippen molar-refractivity contribution in [3.63, 3.8) is 0 Å². The lowest BCUT2D eigenvalue weighted by atomic mass is 10.0.